The summed E-state index contributed by atoms with van der Waals surface area (Å²) in [5.41, 5.74) is 2.07. The molecule has 0 atom stereocenters. The Kier molecular flexibility index (Phi) is 5.29. The van der Waals surface area contributed by atoms with Crippen LogP contribution in [-0.2, 0) is 5.75 Å². The summed E-state index contributed by atoms with van der Waals surface area (Å²) in [6.07, 6.45) is 1.64. The normalized spacial score (nSPS) is 9.79. The first-order valence-corrected chi connectivity index (χ1v) is 7.08. The largest absolute Gasteiger partial charge is 0.384 e. The molecule has 0 radical (unpaired) electrons. The standard InChI is InChI=1S/C15H12ClNOS/c16-14-7-8-15(17-10-14)19-11-13-5-2-1-4-12(13)6-3-9-18/h1-2,4-5,7-8,10,18H,9,11H2. The monoisotopic (exact) mass is 289 g/mol. The van der Waals surface area contributed by atoms with Gasteiger partial charge in [-0.15, -0.1) is 11.8 Å². The Balaban J connectivity index is 2.09. The van der Waals surface area contributed by atoms with Crippen LogP contribution in [0.5, 0.6) is 0 Å². The molecule has 0 bridgehead atoms. The minimum absolute atomic E-state index is 0.125. The summed E-state index contributed by atoms with van der Waals surface area (Å²) >= 11 is 7.43. The zero-order valence-corrected chi connectivity index (χ0v) is 11.7. The van der Waals surface area contributed by atoms with Crippen LogP contribution in [0.15, 0.2) is 47.6 Å². The lowest BCUT2D eigenvalue weighted by molar-refractivity contribution is 0.350. The summed E-state index contributed by atoms with van der Waals surface area (Å²) in [6, 6.07) is 11.6. The second-order valence-electron chi connectivity index (χ2n) is 3.72. The average molecular weight is 290 g/mol. The van der Waals surface area contributed by atoms with E-state index in [4.69, 9.17) is 16.7 Å². The van der Waals surface area contributed by atoms with Crippen LogP contribution in [0.25, 0.3) is 0 Å². The van der Waals surface area contributed by atoms with Gasteiger partial charge in [0.05, 0.1) is 10.0 Å². The fourth-order valence-corrected chi connectivity index (χ4v) is 2.46. The van der Waals surface area contributed by atoms with E-state index in [1.807, 2.05) is 36.4 Å². The lowest BCUT2D eigenvalue weighted by Crippen LogP contribution is -1.88. The van der Waals surface area contributed by atoms with E-state index in [-0.39, 0.29) is 6.61 Å². The molecule has 1 aromatic heterocycles. The SMILES string of the molecule is OCC#Cc1ccccc1CSc1ccc(Cl)cn1. The Morgan fingerprint density at radius 1 is 1.21 bits per heavy atom. The topological polar surface area (TPSA) is 33.1 Å². The Hall–Kier alpha value is -1.47. The third-order valence-electron chi connectivity index (χ3n) is 2.40. The van der Waals surface area contributed by atoms with Gasteiger partial charge in [0.2, 0.25) is 0 Å². The van der Waals surface area contributed by atoms with E-state index in [9.17, 15) is 0 Å². The Morgan fingerprint density at radius 2 is 2.05 bits per heavy atom. The summed E-state index contributed by atoms with van der Waals surface area (Å²) in [5.74, 6) is 6.41. The minimum atomic E-state index is -0.125. The summed E-state index contributed by atoms with van der Waals surface area (Å²) in [4.78, 5) is 4.24. The van der Waals surface area contributed by atoms with E-state index < -0.39 is 0 Å². The van der Waals surface area contributed by atoms with E-state index in [2.05, 4.69) is 16.8 Å². The van der Waals surface area contributed by atoms with Crippen LogP contribution in [-0.4, -0.2) is 16.7 Å². The van der Waals surface area contributed by atoms with E-state index in [1.165, 1.54) is 0 Å². The van der Waals surface area contributed by atoms with Gasteiger partial charge in [0, 0.05) is 17.5 Å². The molecule has 2 rings (SSSR count). The first-order chi connectivity index (χ1) is 9.29. The zero-order valence-electron chi connectivity index (χ0n) is 10.1. The second-order valence-corrected chi connectivity index (χ2v) is 5.15. The molecular weight excluding hydrogens is 278 g/mol. The van der Waals surface area contributed by atoms with Crippen molar-refractivity contribution >= 4 is 23.4 Å². The van der Waals surface area contributed by atoms with Crippen molar-refractivity contribution in [2.45, 2.75) is 10.8 Å². The zero-order chi connectivity index (χ0) is 13.5. The highest BCUT2D eigenvalue weighted by atomic mass is 35.5. The van der Waals surface area contributed by atoms with Crippen molar-refractivity contribution in [2.75, 3.05) is 6.61 Å². The molecule has 96 valence electrons. The lowest BCUT2D eigenvalue weighted by atomic mass is 10.1. The highest BCUT2D eigenvalue weighted by Gasteiger charge is 2.01. The van der Waals surface area contributed by atoms with Crippen LogP contribution in [0.1, 0.15) is 11.1 Å². The number of thioether (sulfide) groups is 1. The molecule has 0 aliphatic rings. The molecular formula is C15H12ClNOS. The third kappa shape index (κ3) is 4.29. The summed E-state index contributed by atoms with van der Waals surface area (Å²) in [6.45, 7) is -0.125. The molecule has 19 heavy (non-hydrogen) atoms. The molecule has 0 saturated heterocycles. The number of pyridine rings is 1. The fraction of sp³-hybridized carbons (Fsp3) is 0.133. The van der Waals surface area contributed by atoms with Crippen LogP contribution in [0.4, 0.5) is 0 Å². The molecule has 0 unspecified atom stereocenters. The van der Waals surface area contributed by atoms with Crippen LogP contribution in [0.2, 0.25) is 5.02 Å². The molecule has 0 saturated carbocycles. The molecule has 0 amide bonds. The van der Waals surface area contributed by atoms with Gasteiger partial charge in [0.1, 0.15) is 6.61 Å². The number of nitrogens with zero attached hydrogens (tertiary/aromatic N) is 1. The summed E-state index contributed by atoms with van der Waals surface area (Å²) in [7, 11) is 0. The highest BCUT2D eigenvalue weighted by molar-refractivity contribution is 7.98. The van der Waals surface area contributed by atoms with E-state index in [1.54, 1.807) is 18.0 Å². The molecule has 2 aromatic rings. The van der Waals surface area contributed by atoms with Crippen molar-refractivity contribution in [3.05, 3.63) is 58.7 Å². The number of aromatic nitrogens is 1. The first-order valence-electron chi connectivity index (χ1n) is 5.71. The Labute approximate surface area is 121 Å². The maximum atomic E-state index is 8.75. The maximum absolute atomic E-state index is 8.75. The van der Waals surface area contributed by atoms with E-state index in [0.29, 0.717) is 5.02 Å². The van der Waals surface area contributed by atoms with Crippen molar-refractivity contribution in [3.8, 4) is 11.8 Å². The first kappa shape index (κ1) is 14.0. The minimum Gasteiger partial charge on any atom is -0.384 e. The van der Waals surface area contributed by atoms with Gasteiger partial charge in [-0.1, -0.05) is 41.6 Å². The highest BCUT2D eigenvalue weighted by Crippen LogP contribution is 2.23. The quantitative estimate of drug-likeness (QED) is 0.695. The fourth-order valence-electron chi connectivity index (χ4n) is 1.50. The molecule has 0 aliphatic carbocycles. The number of aliphatic hydroxyl groups excluding tert-OH is 1. The number of aliphatic hydroxyl groups is 1. The molecule has 0 spiro atoms. The smallest absolute Gasteiger partial charge is 0.104 e. The van der Waals surface area contributed by atoms with Gasteiger partial charge in [-0.2, -0.15) is 0 Å². The lowest BCUT2D eigenvalue weighted by Gasteiger charge is -2.04. The molecule has 1 heterocycles. The molecule has 0 aliphatic heterocycles. The van der Waals surface area contributed by atoms with Crippen LogP contribution >= 0.6 is 23.4 Å². The number of rotatable bonds is 3. The van der Waals surface area contributed by atoms with Crippen LogP contribution in [0.3, 0.4) is 0 Å². The van der Waals surface area contributed by atoms with Gasteiger partial charge >= 0.3 is 0 Å². The maximum Gasteiger partial charge on any atom is 0.104 e. The average Bonchev–Trinajstić information content (AvgIpc) is 2.45. The van der Waals surface area contributed by atoms with Crippen molar-refractivity contribution in [1.82, 2.24) is 4.98 Å². The van der Waals surface area contributed by atoms with Gasteiger partial charge < -0.3 is 5.11 Å². The van der Waals surface area contributed by atoms with Crippen molar-refractivity contribution in [2.24, 2.45) is 0 Å². The van der Waals surface area contributed by atoms with Gasteiger partial charge in [-0.25, -0.2) is 4.98 Å². The van der Waals surface area contributed by atoms with Gasteiger partial charge in [-0.05, 0) is 23.8 Å². The van der Waals surface area contributed by atoms with Crippen molar-refractivity contribution < 1.29 is 5.11 Å². The molecule has 1 N–H and O–H groups in total. The second kappa shape index (κ2) is 7.20. The third-order valence-corrected chi connectivity index (χ3v) is 3.61. The number of hydrogen-bond donors (Lipinski definition) is 1. The Bertz CT molecular complexity index is 602. The molecule has 1 aromatic carbocycles. The number of halogens is 1. The molecule has 4 heteroatoms. The predicted octanol–water partition coefficient (Wildman–Crippen LogP) is 3.37. The van der Waals surface area contributed by atoms with Gasteiger partial charge in [0.15, 0.2) is 0 Å². The molecule has 2 nitrogen and oxygen atoms in total. The summed E-state index contributed by atoms with van der Waals surface area (Å²) < 4.78 is 0. The van der Waals surface area contributed by atoms with Crippen molar-refractivity contribution in [1.29, 1.82) is 0 Å². The van der Waals surface area contributed by atoms with Crippen LogP contribution < -0.4 is 0 Å². The van der Waals surface area contributed by atoms with E-state index in [0.717, 1.165) is 21.9 Å². The van der Waals surface area contributed by atoms with E-state index >= 15 is 0 Å². The van der Waals surface area contributed by atoms with Crippen LogP contribution in [0, 0.1) is 11.8 Å². The van der Waals surface area contributed by atoms with Gasteiger partial charge in [0.25, 0.3) is 0 Å². The predicted molar refractivity (Wildman–Crippen MR) is 79.2 cm³/mol. The summed E-state index contributed by atoms with van der Waals surface area (Å²) in [5, 5.41) is 10.3. The number of benzene rings is 1. The Morgan fingerprint density at radius 3 is 2.79 bits per heavy atom. The molecule has 0 fully saturated rings. The number of hydrogen-bond acceptors (Lipinski definition) is 3. The van der Waals surface area contributed by atoms with Crippen molar-refractivity contribution in [3.63, 3.8) is 0 Å². The van der Waals surface area contributed by atoms with Gasteiger partial charge in [-0.3, -0.25) is 0 Å².